The average molecular weight is 396 g/mol. The standard InChI is InChI=1S/C21H18ClN3O3/c1-11-16(22)4-3-5-17(11)25-20-19(12(2)24-25)15(10-18(26)23-20)13-6-8-14(9-7-13)21(27)28/h3-9,15H,10H2,1-2H3,(H,23,26)(H,27,28). The smallest absolute Gasteiger partial charge is 0.335 e. The number of anilines is 1. The summed E-state index contributed by atoms with van der Waals surface area (Å²) >= 11 is 6.27. The van der Waals surface area contributed by atoms with Crippen LogP contribution in [0.1, 0.15) is 45.1 Å². The fourth-order valence-corrected chi connectivity index (χ4v) is 3.86. The van der Waals surface area contributed by atoms with Gasteiger partial charge in [-0.15, -0.1) is 0 Å². The van der Waals surface area contributed by atoms with Crippen molar-refractivity contribution in [1.82, 2.24) is 9.78 Å². The first kappa shape index (κ1) is 18.3. The van der Waals surface area contributed by atoms with E-state index in [4.69, 9.17) is 16.7 Å². The molecule has 28 heavy (non-hydrogen) atoms. The average Bonchev–Trinajstić information content (AvgIpc) is 2.99. The molecule has 2 N–H and O–H groups in total. The molecule has 4 rings (SSSR count). The van der Waals surface area contributed by atoms with E-state index in [1.54, 1.807) is 28.9 Å². The van der Waals surface area contributed by atoms with E-state index < -0.39 is 5.97 Å². The second-order valence-corrected chi connectivity index (χ2v) is 7.28. The molecule has 1 aliphatic rings. The Kier molecular flexibility index (Phi) is 4.43. The molecular weight excluding hydrogens is 378 g/mol. The summed E-state index contributed by atoms with van der Waals surface area (Å²) in [7, 11) is 0. The molecule has 1 aromatic heterocycles. The highest BCUT2D eigenvalue weighted by Gasteiger charge is 2.33. The van der Waals surface area contributed by atoms with Gasteiger partial charge in [0.1, 0.15) is 5.82 Å². The normalized spacial score (nSPS) is 15.8. The summed E-state index contributed by atoms with van der Waals surface area (Å²) < 4.78 is 1.72. The van der Waals surface area contributed by atoms with E-state index in [0.29, 0.717) is 10.8 Å². The van der Waals surface area contributed by atoms with Crippen LogP contribution in [-0.4, -0.2) is 26.8 Å². The third-order valence-corrected chi connectivity index (χ3v) is 5.54. The number of halogens is 1. The zero-order valence-corrected chi connectivity index (χ0v) is 16.1. The Bertz CT molecular complexity index is 1100. The van der Waals surface area contributed by atoms with Crippen LogP contribution in [-0.2, 0) is 4.79 Å². The van der Waals surface area contributed by atoms with Crippen molar-refractivity contribution in [3.8, 4) is 5.69 Å². The minimum Gasteiger partial charge on any atom is -0.478 e. The lowest BCUT2D eigenvalue weighted by Gasteiger charge is -2.24. The highest BCUT2D eigenvalue weighted by Crippen LogP contribution is 2.40. The summed E-state index contributed by atoms with van der Waals surface area (Å²) in [5.41, 5.74) is 4.51. The predicted molar refractivity (Wildman–Crippen MR) is 107 cm³/mol. The zero-order chi connectivity index (χ0) is 20.0. The van der Waals surface area contributed by atoms with Gasteiger partial charge in [0.25, 0.3) is 0 Å². The molecule has 2 heterocycles. The number of carboxylic acid groups (broad SMARTS) is 1. The van der Waals surface area contributed by atoms with E-state index in [-0.39, 0.29) is 23.8 Å². The van der Waals surface area contributed by atoms with E-state index in [1.165, 1.54) is 0 Å². The van der Waals surface area contributed by atoms with E-state index in [9.17, 15) is 9.59 Å². The second kappa shape index (κ2) is 6.80. The Morgan fingerprint density at radius 3 is 2.61 bits per heavy atom. The molecule has 1 atom stereocenters. The lowest BCUT2D eigenvalue weighted by molar-refractivity contribution is -0.116. The Labute approximate surface area is 166 Å². The van der Waals surface area contributed by atoms with Gasteiger partial charge in [-0.3, -0.25) is 4.79 Å². The zero-order valence-electron chi connectivity index (χ0n) is 15.4. The fraction of sp³-hybridized carbons (Fsp3) is 0.190. The van der Waals surface area contributed by atoms with Crippen LogP contribution in [0.2, 0.25) is 5.02 Å². The van der Waals surface area contributed by atoms with Crippen molar-refractivity contribution in [2.45, 2.75) is 26.2 Å². The van der Waals surface area contributed by atoms with Gasteiger partial charge in [-0.25, -0.2) is 9.48 Å². The molecule has 2 aromatic carbocycles. The van der Waals surface area contributed by atoms with E-state index in [0.717, 1.165) is 28.1 Å². The summed E-state index contributed by atoms with van der Waals surface area (Å²) in [5, 5.41) is 17.4. The Morgan fingerprint density at radius 2 is 1.93 bits per heavy atom. The Hall–Kier alpha value is -3.12. The molecule has 0 radical (unpaired) electrons. The number of nitrogens with one attached hydrogen (secondary N) is 1. The monoisotopic (exact) mass is 395 g/mol. The minimum atomic E-state index is -0.978. The number of aryl methyl sites for hydroxylation is 1. The number of nitrogens with zero attached hydrogens (tertiary/aromatic N) is 2. The maximum Gasteiger partial charge on any atom is 0.335 e. The second-order valence-electron chi connectivity index (χ2n) is 6.88. The van der Waals surface area contributed by atoms with Gasteiger partial charge >= 0.3 is 5.97 Å². The van der Waals surface area contributed by atoms with Gasteiger partial charge < -0.3 is 10.4 Å². The molecule has 0 fully saturated rings. The van der Waals surface area contributed by atoms with Crippen LogP contribution in [0, 0.1) is 13.8 Å². The maximum atomic E-state index is 12.5. The molecule has 0 spiro atoms. The molecule has 3 aromatic rings. The first-order valence-electron chi connectivity index (χ1n) is 8.85. The first-order chi connectivity index (χ1) is 13.4. The summed E-state index contributed by atoms with van der Waals surface area (Å²) in [4.78, 5) is 23.6. The van der Waals surface area contributed by atoms with Crippen LogP contribution >= 0.6 is 11.6 Å². The number of amides is 1. The number of carboxylic acids is 1. The number of rotatable bonds is 3. The molecule has 0 saturated heterocycles. The molecule has 0 bridgehead atoms. The highest BCUT2D eigenvalue weighted by atomic mass is 35.5. The summed E-state index contributed by atoms with van der Waals surface area (Å²) in [6.45, 7) is 3.82. The molecule has 1 aliphatic heterocycles. The van der Waals surface area contributed by atoms with Crippen molar-refractivity contribution in [2.75, 3.05) is 5.32 Å². The molecule has 142 valence electrons. The van der Waals surface area contributed by atoms with Crippen LogP contribution in [0.3, 0.4) is 0 Å². The summed E-state index contributed by atoms with van der Waals surface area (Å²) in [5.74, 6) is -0.652. The van der Waals surface area contributed by atoms with Gasteiger partial charge in [0.05, 0.1) is 16.9 Å². The molecule has 7 heteroatoms. The molecule has 6 nitrogen and oxygen atoms in total. The minimum absolute atomic E-state index is 0.111. The van der Waals surface area contributed by atoms with Crippen molar-refractivity contribution < 1.29 is 14.7 Å². The fourth-order valence-electron chi connectivity index (χ4n) is 3.69. The van der Waals surface area contributed by atoms with Gasteiger partial charge in [0.15, 0.2) is 0 Å². The van der Waals surface area contributed by atoms with Crippen LogP contribution < -0.4 is 5.32 Å². The largest absolute Gasteiger partial charge is 0.478 e. The van der Waals surface area contributed by atoms with Crippen LogP contribution in [0.25, 0.3) is 5.69 Å². The molecule has 0 saturated carbocycles. The quantitative estimate of drug-likeness (QED) is 0.691. The van der Waals surface area contributed by atoms with Crippen LogP contribution in [0.4, 0.5) is 5.82 Å². The van der Waals surface area contributed by atoms with E-state index in [2.05, 4.69) is 10.4 Å². The number of aromatic nitrogens is 2. The molecular formula is C21H18ClN3O3. The highest BCUT2D eigenvalue weighted by molar-refractivity contribution is 6.31. The number of hydrogen-bond acceptors (Lipinski definition) is 3. The first-order valence-corrected chi connectivity index (χ1v) is 9.22. The van der Waals surface area contributed by atoms with Gasteiger partial charge in [0, 0.05) is 22.9 Å². The van der Waals surface area contributed by atoms with E-state index >= 15 is 0 Å². The van der Waals surface area contributed by atoms with Crippen LogP contribution in [0.5, 0.6) is 0 Å². The van der Waals surface area contributed by atoms with Crippen molar-refractivity contribution >= 4 is 29.3 Å². The third-order valence-electron chi connectivity index (χ3n) is 5.13. The van der Waals surface area contributed by atoms with Crippen molar-refractivity contribution in [2.24, 2.45) is 0 Å². The van der Waals surface area contributed by atoms with Gasteiger partial charge in [-0.2, -0.15) is 5.10 Å². The lowest BCUT2D eigenvalue weighted by Crippen LogP contribution is -2.25. The van der Waals surface area contributed by atoms with Gasteiger partial charge in [-0.1, -0.05) is 29.8 Å². The SMILES string of the molecule is Cc1nn(-c2cccc(Cl)c2C)c2c1C(c1ccc(C(=O)O)cc1)CC(=O)N2. The van der Waals surface area contributed by atoms with Gasteiger partial charge in [-0.05, 0) is 49.2 Å². The van der Waals surface area contributed by atoms with Gasteiger partial charge in [0.2, 0.25) is 5.91 Å². The topological polar surface area (TPSA) is 84.2 Å². The van der Waals surface area contributed by atoms with Crippen LogP contribution in [0.15, 0.2) is 42.5 Å². The van der Waals surface area contributed by atoms with Crippen molar-refractivity contribution in [3.05, 3.63) is 75.4 Å². The lowest BCUT2D eigenvalue weighted by atomic mass is 9.85. The summed E-state index contributed by atoms with van der Waals surface area (Å²) in [6, 6.07) is 12.2. The number of aromatic carboxylic acids is 1. The Morgan fingerprint density at radius 1 is 1.21 bits per heavy atom. The van der Waals surface area contributed by atoms with E-state index in [1.807, 2.05) is 32.0 Å². The molecule has 1 unspecified atom stereocenters. The molecule has 0 aliphatic carbocycles. The number of carbonyl (C=O) groups excluding carboxylic acids is 1. The number of benzene rings is 2. The summed E-state index contributed by atoms with van der Waals surface area (Å²) in [6.07, 6.45) is 0.278. The number of fused-ring (bicyclic) bond motifs is 1. The van der Waals surface area contributed by atoms with Crippen molar-refractivity contribution in [3.63, 3.8) is 0 Å². The maximum absolute atomic E-state index is 12.5. The van der Waals surface area contributed by atoms with Crippen molar-refractivity contribution in [1.29, 1.82) is 0 Å². The molecule has 1 amide bonds. The number of hydrogen-bond donors (Lipinski definition) is 2. The number of carbonyl (C=O) groups is 2. The predicted octanol–water partition coefficient (Wildman–Crippen LogP) is 4.31. The third kappa shape index (κ3) is 2.96. The Balaban J connectivity index is 1.85.